The van der Waals surface area contributed by atoms with Gasteiger partial charge in [-0.25, -0.2) is 9.97 Å². The lowest BCUT2D eigenvalue weighted by Crippen LogP contribution is -2.46. The summed E-state index contributed by atoms with van der Waals surface area (Å²) < 4.78 is 0. The quantitative estimate of drug-likeness (QED) is 0.601. The van der Waals surface area contributed by atoms with Crippen molar-refractivity contribution in [2.24, 2.45) is 0 Å². The minimum absolute atomic E-state index is 0.847. The van der Waals surface area contributed by atoms with Gasteiger partial charge in [-0.3, -0.25) is 4.90 Å². The Kier molecular flexibility index (Phi) is 6.02. The SMILES string of the molecule is CSc1ncc(CN2CCN(CCc3ccccc3)CC2)cn1. The van der Waals surface area contributed by atoms with Gasteiger partial charge in [0.25, 0.3) is 0 Å². The molecule has 1 aromatic heterocycles. The third kappa shape index (κ3) is 5.03. The number of aromatic nitrogens is 2. The maximum Gasteiger partial charge on any atom is 0.187 e. The highest BCUT2D eigenvalue weighted by atomic mass is 32.2. The second-order valence-electron chi connectivity index (χ2n) is 5.93. The van der Waals surface area contributed by atoms with E-state index in [0.717, 1.165) is 50.8 Å². The van der Waals surface area contributed by atoms with E-state index in [1.165, 1.54) is 11.1 Å². The van der Waals surface area contributed by atoms with E-state index >= 15 is 0 Å². The van der Waals surface area contributed by atoms with E-state index in [4.69, 9.17) is 0 Å². The van der Waals surface area contributed by atoms with Crippen molar-refractivity contribution >= 4 is 11.8 Å². The molecular formula is C18H24N4S. The zero-order valence-electron chi connectivity index (χ0n) is 13.7. The lowest BCUT2D eigenvalue weighted by molar-refractivity contribution is 0.128. The van der Waals surface area contributed by atoms with Crippen molar-refractivity contribution in [3.63, 3.8) is 0 Å². The average Bonchev–Trinajstić information content (AvgIpc) is 2.63. The molecule has 0 unspecified atom stereocenters. The number of hydrogen-bond donors (Lipinski definition) is 0. The van der Waals surface area contributed by atoms with Gasteiger partial charge in [-0.1, -0.05) is 42.1 Å². The third-order valence-corrected chi connectivity index (χ3v) is 4.87. The van der Waals surface area contributed by atoms with Gasteiger partial charge in [-0.15, -0.1) is 0 Å². The standard InChI is InChI=1S/C18H24N4S/c1-23-18-19-13-17(14-20-18)15-22-11-9-21(10-12-22)8-7-16-5-3-2-4-6-16/h2-6,13-14H,7-12,15H2,1H3. The van der Waals surface area contributed by atoms with E-state index in [1.54, 1.807) is 11.8 Å². The van der Waals surface area contributed by atoms with Crippen LogP contribution >= 0.6 is 11.8 Å². The van der Waals surface area contributed by atoms with E-state index in [9.17, 15) is 0 Å². The summed E-state index contributed by atoms with van der Waals surface area (Å²) in [6, 6.07) is 10.8. The Morgan fingerprint density at radius 3 is 2.22 bits per heavy atom. The third-order valence-electron chi connectivity index (χ3n) is 4.29. The number of benzene rings is 1. The first-order valence-corrected chi connectivity index (χ1v) is 9.39. The smallest absolute Gasteiger partial charge is 0.187 e. The van der Waals surface area contributed by atoms with Crippen LogP contribution in [0.25, 0.3) is 0 Å². The Morgan fingerprint density at radius 1 is 0.913 bits per heavy atom. The topological polar surface area (TPSA) is 32.3 Å². The summed E-state index contributed by atoms with van der Waals surface area (Å²) in [5.74, 6) is 0. The number of thioether (sulfide) groups is 1. The zero-order valence-corrected chi connectivity index (χ0v) is 14.5. The average molecular weight is 328 g/mol. The van der Waals surface area contributed by atoms with Crippen LogP contribution in [0.5, 0.6) is 0 Å². The molecule has 1 saturated heterocycles. The van der Waals surface area contributed by atoms with Gasteiger partial charge < -0.3 is 4.90 Å². The molecule has 0 amide bonds. The minimum atomic E-state index is 0.847. The van der Waals surface area contributed by atoms with E-state index in [0.29, 0.717) is 0 Å². The molecule has 1 aliphatic heterocycles. The van der Waals surface area contributed by atoms with Crippen molar-refractivity contribution < 1.29 is 0 Å². The van der Waals surface area contributed by atoms with Crippen LogP contribution in [0.3, 0.4) is 0 Å². The van der Waals surface area contributed by atoms with Crippen LogP contribution < -0.4 is 0 Å². The number of rotatable bonds is 6. The first kappa shape index (κ1) is 16.4. The molecule has 1 aliphatic rings. The molecule has 2 heterocycles. The molecule has 0 atom stereocenters. The fourth-order valence-corrected chi connectivity index (χ4v) is 3.21. The summed E-state index contributed by atoms with van der Waals surface area (Å²) in [4.78, 5) is 13.8. The molecule has 0 aliphatic carbocycles. The summed E-state index contributed by atoms with van der Waals surface area (Å²) in [6.07, 6.45) is 7.07. The van der Waals surface area contributed by atoms with E-state index < -0.39 is 0 Å². The maximum absolute atomic E-state index is 4.36. The normalized spacial score (nSPS) is 16.6. The fraction of sp³-hybridized carbons (Fsp3) is 0.444. The van der Waals surface area contributed by atoms with Crippen LogP contribution in [-0.2, 0) is 13.0 Å². The predicted octanol–water partition coefficient (Wildman–Crippen LogP) is 2.56. The van der Waals surface area contributed by atoms with E-state index in [2.05, 4.69) is 50.1 Å². The molecule has 4 nitrogen and oxygen atoms in total. The summed E-state index contributed by atoms with van der Waals surface area (Å²) in [6.45, 7) is 6.66. The van der Waals surface area contributed by atoms with Gasteiger partial charge >= 0.3 is 0 Å². The summed E-state index contributed by atoms with van der Waals surface area (Å²) in [5, 5.41) is 0.847. The van der Waals surface area contributed by atoms with Crippen LogP contribution in [0.1, 0.15) is 11.1 Å². The summed E-state index contributed by atoms with van der Waals surface area (Å²) >= 11 is 1.58. The number of hydrogen-bond acceptors (Lipinski definition) is 5. The molecule has 5 heteroatoms. The number of nitrogens with zero attached hydrogens (tertiary/aromatic N) is 4. The Balaban J connectivity index is 1.41. The molecule has 122 valence electrons. The van der Waals surface area contributed by atoms with Crippen molar-refractivity contribution in [3.05, 3.63) is 53.9 Å². The Bertz CT molecular complexity index is 580. The molecule has 0 N–H and O–H groups in total. The Hall–Kier alpha value is -1.43. The highest BCUT2D eigenvalue weighted by Crippen LogP contribution is 2.11. The van der Waals surface area contributed by atoms with E-state index in [1.807, 2.05) is 18.6 Å². The molecule has 0 radical (unpaired) electrons. The van der Waals surface area contributed by atoms with Crippen molar-refractivity contribution in [2.45, 2.75) is 18.1 Å². The second kappa shape index (κ2) is 8.43. The van der Waals surface area contributed by atoms with Crippen molar-refractivity contribution in [3.8, 4) is 0 Å². The van der Waals surface area contributed by atoms with Crippen molar-refractivity contribution in [2.75, 3.05) is 39.0 Å². The van der Waals surface area contributed by atoms with Crippen LogP contribution in [0.4, 0.5) is 0 Å². The highest BCUT2D eigenvalue weighted by Gasteiger charge is 2.16. The van der Waals surface area contributed by atoms with E-state index in [-0.39, 0.29) is 0 Å². The molecule has 2 aromatic rings. The molecular weight excluding hydrogens is 304 g/mol. The molecule has 0 spiro atoms. The van der Waals surface area contributed by atoms with Crippen LogP contribution in [0.2, 0.25) is 0 Å². The van der Waals surface area contributed by atoms with Gasteiger partial charge in [0.1, 0.15) is 0 Å². The van der Waals surface area contributed by atoms with Crippen LogP contribution in [-0.4, -0.2) is 58.7 Å². The Labute approximate surface area is 142 Å². The van der Waals surface area contributed by atoms with Crippen LogP contribution in [0.15, 0.2) is 47.9 Å². The highest BCUT2D eigenvalue weighted by molar-refractivity contribution is 7.98. The summed E-state index contributed by atoms with van der Waals surface area (Å²) in [5.41, 5.74) is 2.64. The molecule has 0 saturated carbocycles. The lowest BCUT2D eigenvalue weighted by Gasteiger charge is -2.34. The Morgan fingerprint density at radius 2 is 1.57 bits per heavy atom. The number of piperazine rings is 1. The van der Waals surface area contributed by atoms with Crippen molar-refractivity contribution in [1.82, 2.24) is 19.8 Å². The molecule has 0 bridgehead atoms. The minimum Gasteiger partial charge on any atom is -0.300 e. The van der Waals surface area contributed by atoms with Gasteiger partial charge in [-0.2, -0.15) is 0 Å². The van der Waals surface area contributed by atoms with Gasteiger partial charge in [-0.05, 0) is 18.2 Å². The molecule has 3 rings (SSSR count). The molecule has 23 heavy (non-hydrogen) atoms. The predicted molar refractivity (Wildman–Crippen MR) is 95.7 cm³/mol. The van der Waals surface area contributed by atoms with Gasteiger partial charge in [0.15, 0.2) is 5.16 Å². The fourth-order valence-electron chi connectivity index (χ4n) is 2.89. The van der Waals surface area contributed by atoms with Crippen molar-refractivity contribution in [1.29, 1.82) is 0 Å². The first-order valence-electron chi connectivity index (χ1n) is 8.17. The second-order valence-corrected chi connectivity index (χ2v) is 6.70. The molecule has 1 fully saturated rings. The lowest BCUT2D eigenvalue weighted by atomic mass is 10.1. The van der Waals surface area contributed by atoms with Gasteiger partial charge in [0, 0.05) is 57.2 Å². The van der Waals surface area contributed by atoms with Gasteiger partial charge in [0.05, 0.1) is 0 Å². The van der Waals surface area contributed by atoms with Gasteiger partial charge in [0.2, 0.25) is 0 Å². The zero-order chi connectivity index (χ0) is 15.9. The summed E-state index contributed by atoms with van der Waals surface area (Å²) in [7, 11) is 0. The maximum atomic E-state index is 4.36. The van der Waals surface area contributed by atoms with Crippen LogP contribution in [0, 0.1) is 0 Å². The molecule has 1 aromatic carbocycles. The largest absolute Gasteiger partial charge is 0.300 e. The first-order chi connectivity index (χ1) is 11.3. The monoisotopic (exact) mass is 328 g/mol.